The Labute approximate surface area is 231 Å². The number of ether oxygens (including phenoxy) is 2. The molecule has 0 aromatic heterocycles. The van der Waals surface area contributed by atoms with Gasteiger partial charge in [0.2, 0.25) is 0 Å². The summed E-state index contributed by atoms with van der Waals surface area (Å²) in [6, 6.07) is 3.44. The van der Waals surface area contributed by atoms with Crippen LogP contribution < -0.4 is 0 Å². The lowest BCUT2D eigenvalue weighted by molar-refractivity contribution is -0.338. The first-order chi connectivity index (χ1) is 17.4. The molecule has 0 bridgehead atoms. The van der Waals surface area contributed by atoms with Crippen LogP contribution >= 0.6 is 0 Å². The number of rotatable bonds is 15. The second-order valence-corrected chi connectivity index (χ2v) is 17.7. The lowest BCUT2D eigenvalue weighted by atomic mass is 9.79. The summed E-state index contributed by atoms with van der Waals surface area (Å²) in [5.41, 5.74) is 0. The molecule has 0 aliphatic carbocycles. The molecule has 0 amide bonds. The Hall–Kier alpha value is -0.203. The molecule has 1 spiro atoms. The zero-order valence-corrected chi connectivity index (χ0v) is 26.9. The van der Waals surface area contributed by atoms with Crippen LogP contribution in [0.1, 0.15) is 114 Å². The molecule has 4 nitrogen and oxygen atoms in total. The van der Waals surface area contributed by atoms with Gasteiger partial charge in [0.25, 0.3) is 0 Å². The fourth-order valence-corrected chi connectivity index (χ4v) is 9.58. The Morgan fingerprint density at radius 2 is 1.54 bits per heavy atom. The van der Waals surface area contributed by atoms with Crippen LogP contribution in [0.3, 0.4) is 0 Å². The minimum atomic E-state index is -1.75. The van der Waals surface area contributed by atoms with Crippen molar-refractivity contribution < 1.29 is 19.0 Å². The van der Waals surface area contributed by atoms with Gasteiger partial charge in [0.05, 0.1) is 24.4 Å². The Morgan fingerprint density at radius 1 is 0.946 bits per heavy atom. The predicted molar refractivity (Wildman–Crippen MR) is 159 cm³/mol. The smallest absolute Gasteiger partial charge is 0.192 e. The Balaban J connectivity index is 2.08. The average molecular weight is 539 g/mol. The molecule has 1 N–H and O–H groups in total. The third-order valence-electron chi connectivity index (χ3n) is 10.3. The van der Waals surface area contributed by atoms with Gasteiger partial charge in [0.15, 0.2) is 14.1 Å². The van der Waals surface area contributed by atoms with E-state index in [0.717, 1.165) is 56.7 Å². The van der Waals surface area contributed by atoms with Crippen LogP contribution in [0.2, 0.25) is 18.1 Å². The third kappa shape index (κ3) is 8.90. The van der Waals surface area contributed by atoms with Gasteiger partial charge in [-0.25, -0.2) is 0 Å². The number of allylic oxidation sites excluding steroid dienone is 1. The van der Waals surface area contributed by atoms with E-state index in [1.54, 1.807) is 0 Å². The van der Waals surface area contributed by atoms with Crippen LogP contribution in [-0.2, 0) is 13.9 Å². The normalized spacial score (nSPS) is 33.0. The third-order valence-corrected chi connectivity index (χ3v) is 15.0. The first kappa shape index (κ1) is 33.0. The molecule has 1 unspecified atom stereocenters. The molecule has 2 heterocycles. The van der Waals surface area contributed by atoms with Crippen LogP contribution in [0.25, 0.3) is 0 Å². The molecule has 2 rings (SSSR count). The Morgan fingerprint density at radius 3 is 2.08 bits per heavy atom. The van der Waals surface area contributed by atoms with Crippen LogP contribution in [0.5, 0.6) is 0 Å². The van der Waals surface area contributed by atoms with E-state index in [9.17, 15) is 5.11 Å². The van der Waals surface area contributed by atoms with Gasteiger partial charge in [-0.15, -0.1) is 6.58 Å². The molecule has 0 radical (unpaired) electrons. The van der Waals surface area contributed by atoms with Crippen LogP contribution in [0.4, 0.5) is 0 Å². The van der Waals surface area contributed by atoms with E-state index in [1.165, 1.54) is 12.8 Å². The second kappa shape index (κ2) is 15.0. The molecule has 2 aliphatic heterocycles. The second-order valence-electron chi connectivity index (χ2n) is 13.0. The monoisotopic (exact) mass is 538 g/mol. The van der Waals surface area contributed by atoms with Gasteiger partial charge >= 0.3 is 0 Å². The van der Waals surface area contributed by atoms with Crippen molar-refractivity contribution in [3.63, 3.8) is 0 Å². The van der Waals surface area contributed by atoms with Gasteiger partial charge in [0, 0.05) is 18.8 Å². The summed E-state index contributed by atoms with van der Waals surface area (Å²) in [5, 5.41) is 10.5. The summed E-state index contributed by atoms with van der Waals surface area (Å²) in [5.74, 6) is 1.82. The number of hydrogen-bond acceptors (Lipinski definition) is 4. The van der Waals surface area contributed by atoms with Gasteiger partial charge < -0.3 is 19.0 Å². The Bertz CT molecular complexity index is 653. The molecular formula is C32H62O4Si. The van der Waals surface area contributed by atoms with Crippen molar-refractivity contribution in [1.29, 1.82) is 0 Å². The average Bonchev–Trinajstić information content (AvgIpc) is 2.90. The van der Waals surface area contributed by atoms with E-state index in [-0.39, 0.29) is 30.3 Å². The summed E-state index contributed by atoms with van der Waals surface area (Å²) in [7, 11) is -1.75. The molecular weight excluding hydrogens is 476 g/mol. The van der Waals surface area contributed by atoms with E-state index < -0.39 is 14.1 Å². The molecule has 0 aromatic rings. The highest BCUT2D eigenvalue weighted by atomic mass is 28.4. The number of aliphatic hydroxyl groups excluding tert-OH is 1. The highest BCUT2D eigenvalue weighted by Crippen LogP contribution is 2.46. The van der Waals surface area contributed by atoms with E-state index in [1.807, 2.05) is 6.92 Å². The molecule has 2 aliphatic rings. The first-order valence-electron chi connectivity index (χ1n) is 15.8. The van der Waals surface area contributed by atoms with Gasteiger partial charge in [-0.3, -0.25) is 0 Å². The van der Waals surface area contributed by atoms with E-state index in [0.29, 0.717) is 23.7 Å². The molecule has 10 atom stereocenters. The maximum Gasteiger partial charge on any atom is 0.192 e. The van der Waals surface area contributed by atoms with E-state index in [4.69, 9.17) is 13.9 Å². The van der Waals surface area contributed by atoms with Crippen molar-refractivity contribution in [1.82, 2.24) is 0 Å². The fraction of sp³-hybridized carbons (Fsp3) is 0.938. The first-order valence-corrected chi connectivity index (χ1v) is 18.3. The summed E-state index contributed by atoms with van der Waals surface area (Å²) in [6.45, 7) is 24.2. The molecule has 0 saturated carbocycles. The Kier molecular flexibility index (Phi) is 13.4. The zero-order valence-electron chi connectivity index (χ0n) is 25.9. The molecule has 37 heavy (non-hydrogen) atoms. The predicted octanol–water partition coefficient (Wildman–Crippen LogP) is 8.74. The van der Waals surface area contributed by atoms with E-state index in [2.05, 4.69) is 68.0 Å². The minimum absolute atomic E-state index is 0.116. The van der Waals surface area contributed by atoms with Gasteiger partial charge in [-0.2, -0.15) is 0 Å². The quantitative estimate of drug-likeness (QED) is 0.167. The van der Waals surface area contributed by atoms with Gasteiger partial charge in [0.1, 0.15) is 0 Å². The van der Waals surface area contributed by atoms with Crippen molar-refractivity contribution in [2.24, 2.45) is 29.6 Å². The van der Waals surface area contributed by atoms with Crippen molar-refractivity contribution in [3.05, 3.63) is 12.7 Å². The summed E-state index contributed by atoms with van der Waals surface area (Å²) in [4.78, 5) is 0. The highest BCUT2D eigenvalue weighted by molar-refractivity contribution is 6.73. The van der Waals surface area contributed by atoms with Crippen molar-refractivity contribution in [3.8, 4) is 0 Å². The van der Waals surface area contributed by atoms with Crippen LogP contribution in [0.15, 0.2) is 12.7 Å². The van der Waals surface area contributed by atoms with Gasteiger partial charge in [-0.1, -0.05) is 61.5 Å². The highest BCUT2D eigenvalue weighted by Gasteiger charge is 2.47. The summed E-state index contributed by atoms with van der Waals surface area (Å²) < 4.78 is 20.8. The van der Waals surface area contributed by atoms with Crippen molar-refractivity contribution in [2.45, 2.75) is 162 Å². The minimum Gasteiger partial charge on any atom is -0.414 e. The molecule has 0 aromatic carbocycles. The maximum atomic E-state index is 10.5. The fourth-order valence-electron chi connectivity index (χ4n) is 6.61. The zero-order chi connectivity index (χ0) is 27.8. The van der Waals surface area contributed by atoms with E-state index >= 15 is 0 Å². The number of aliphatic hydroxyl groups is 1. The van der Waals surface area contributed by atoms with Crippen molar-refractivity contribution >= 4 is 8.32 Å². The van der Waals surface area contributed by atoms with Crippen molar-refractivity contribution in [2.75, 3.05) is 0 Å². The maximum absolute atomic E-state index is 10.5. The van der Waals surface area contributed by atoms with Crippen LogP contribution in [-0.4, -0.2) is 43.6 Å². The summed E-state index contributed by atoms with van der Waals surface area (Å²) in [6.07, 6.45) is 10.9. The van der Waals surface area contributed by atoms with Crippen LogP contribution in [0, 0.1) is 29.6 Å². The SMILES string of the molecule is C=C[C@@H](C)CC[C@@H]1O[C@@]2(CC[C@H]1C)CC[C@H](C)[C@H]([C@H](C)CC[C@H](O[Si](CC)(CC)CC)[C@H](C)C(C)O)O2. The largest absolute Gasteiger partial charge is 0.414 e. The summed E-state index contributed by atoms with van der Waals surface area (Å²) >= 11 is 0. The number of hydrogen-bond donors (Lipinski definition) is 1. The molecule has 2 fully saturated rings. The lowest BCUT2D eigenvalue weighted by Gasteiger charge is -2.51. The standard InChI is InChI=1S/C32H62O4Si/c1-11-23(5)15-17-29-24(6)19-21-32(34-29)22-20-26(8)31(35-32)25(7)16-18-30(27(9)28(10)33)36-37(12-2,13-3)14-4/h11,23-31,33H,1,12-22H2,2-10H3/t23-,24-,25-,26+,27-,28?,29+,30+,31+,32-/m1/s1. The lowest BCUT2D eigenvalue weighted by Crippen LogP contribution is -2.53. The molecule has 218 valence electrons. The topological polar surface area (TPSA) is 47.9 Å². The molecule has 2 saturated heterocycles. The van der Waals surface area contributed by atoms with Gasteiger partial charge in [-0.05, 0) is 87.3 Å². The molecule has 5 heteroatoms.